The van der Waals surface area contributed by atoms with Crippen LogP contribution in [0.2, 0.25) is 0 Å². The summed E-state index contributed by atoms with van der Waals surface area (Å²) in [7, 11) is 1.55. The summed E-state index contributed by atoms with van der Waals surface area (Å²) in [5.74, 6) is 1.26. The van der Waals surface area contributed by atoms with Gasteiger partial charge >= 0.3 is 0 Å². The Labute approximate surface area is 190 Å². The molecule has 2 N–H and O–H groups in total. The average Bonchev–Trinajstić information content (AvgIpc) is 2.75. The Hall–Kier alpha value is -3.07. The van der Waals surface area contributed by atoms with E-state index < -0.39 is 0 Å². The van der Waals surface area contributed by atoms with E-state index in [2.05, 4.69) is 31.8 Å². The smallest absolute Gasteiger partial charge is 0.240 e. The molecule has 0 radical (unpaired) electrons. The van der Waals surface area contributed by atoms with E-state index in [1.165, 1.54) is 6.21 Å². The van der Waals surface area contributed by atoms with Gasteiger partial charge in [0.15, 0.2) is 11.5 Å². The van der Waals surface area contributed by atoms with E-state index in [9.17, 15) is 9.59 Å². The molecule has 2 amide bonds. The van der Waals surface area contributed by atoms with Crippen LogP contribution >= 0.6 is 15.9 Å². The lowest BCUT2D eigenvalue weighted by Gasteiger charge is -2.11. The Balaban J connectivity index is 1.81. The van der Waals surface area contributed by atoms with Gasteiger partial charge in [-0.25, -0.2) is 5.43 Å². The summed E-state index contributed by atoms with van der Waals surface area (Å²) in [5, 5.41) is 6.67. The summed E-state index contributed by atoms with van der Waals surface area (Å²) in [6.07, 6.45) is 1.54. The van der Waals surface area contributed by atoms with Gasteiger partial charge in [0.1, 0.15) is 5.75 Å². The first-order chi connectivity index (χ1) is 15.0. The van der Waals surface area contributed by atoms with Gasteiger partial charge in [0.2, 0.25) is 11.8 Å². The van der Waals surface area contributed by atoms with Crippen LogP contribution in [0.5, 0.6) is 17.2 Å². The summed E-state index contributed by atoms with van der Waals surface area (Å²) < 4.78 is 16.9. The van der Waals surface area contributed by atoms with Gasteiger partial charge in [-0.1, -0.05) is 0 Å². The van der Waals surface area contributed by atoms with E-state index in [1.54, 1.807) is 43.5 Å². The molecular formula is C22H26BrN3O5. The molecule has 166 valence electrons. The summed E-state index contributed by atoms with van der Waals surface area (Å²) in [5.41, 5.74) is 3.76. The maximum atomic E-state index is 12.0. The standard InChI is InChI=1S/C22H26BrN3O5/c1-4-30-17-8-6-16(7-9-17)25-20(27)10-11-21(28)26-24-14-15-12-18(23)22(31-5-2)19(13-15)29-3/h6-9,12-14H,4-5,10-11H2,1-3H3,(H,25,27)(H,26,28). The molecule has 0 aliphatic rings. The molecule has 2 rings (SSSR count). The molecule has 0 unspecified atom stereocenters. The van der Waals surface area contributed by atoms with Gasteiger partial charge in [-0.2, -0.15) is 5.10 Å². The van der Waals surface area contributed by atoms with E-state index >= 15 is 0 Å². The van der Waals surface area contributed by atoms with Gasteiger partial charge in [-0.3, -0.25) is 9.59 Å². The average molecular weight is 492 g/mol. The highest BCUT2D eigenvalue weighted by Gasteiger charge is 2.11. The maximum absolute atomic E-state index is 12.0. The van der Waals surface area contributed by atoms with Gasteiger partial charge in [-0.15, -0.1) is 0 Å². The van der Waals surface area contributed by atoms with Gasteiger partial charge in [-0.05, 0) is 71.7 Å². The van der Waals surface area contributed by atoms with Crippen molar-refractivity contribution in [3.63, 3.8) is 0 Å². The second kappa shape index (κ2) is 12.6. The largest absolute Gasteiger partial charge is 0.494 e. The first-order valence-corrected chi connectivity index (χ1v) is 10.6. The maximum Gasteiger partial charge on any atom is 0.240 e. The number of halogens is 1. The molecule has 0 aliphatic carbocycles. The van der Waals surface area contributed by atoms with Crippen LogP contribution in [0, 0.1) is 0 Å². The Morgan fingerprint density at radius 2 is 1.71 bits per heavy atom. The van der Waals surface area contributed by atoms with Crippen LogP contribution in [-0.4, -0.2) is 38.4 Å². The van der Waals surface area contributed by atoms with E-state index in [0.717, 1.165) is 5.75 Å². The monoisotopic (exact) mass is 491 g/mol. The van der Waals surface area contributed by atoms with Crippen molar-refractivity contribution in [2.24, 2.45) is 5.10 Å². The quantitative estimate of drug-likeness (QED) is 0.363. The van der Waals surface area contributed by atoms with Crippen LogP contribution in [0.3, 0.4) is 0 Å². The van der Waals surface area contributed by atoms with Crippen LogP contribution in [0.25, 0.3) is 0 Å². The number of benzene rings is 2. The zero-order valence-corrected chi connectivity index (χ0v) is 19.3. The Bertz CT molecular complexity index is 916. The number of ether oxygens (including phenoxy) is 3. The number of carbonyl (C=O) groups excluding carboxylic acids is 2. The third-order valence-corrected chi connectivity index (χ3v) is 4.56. The minimum Gasteiger partial charge on any atom is -0.494 e. The van der Waals surface area contributed by atoms with Crippen molar-refractivity contribution in [2.45, 2.75) is 26.7 Å². The van der Waals surface area contributed by atoms with Crippen LogP contribution in [0.4, 0.5) is 5.69 Å². The molecule has 0 spiro atoms. The van der Waals surface area contributed by atoms with Gasteiger partial charge in [0.05, 0.1) is 31.0 Å². The Morgan fingerprint density at radius 3 is 2.35 bits per heavy atom. The first-order valence-electron chi connectivity index (χ1n) is 9.81. The van der Waals surface area contributed by atoms with Crippen LogP contribution in [-0.2, 0) is 9.59 Å². The molecule has 0 bridgehead atoms. The zero-order valence-electron chi connectivity index (χ0n) is 17.7. The van der Waals surface area contributed by atoms with Crippen LogP contribution < -0.4 is 25.0 Å². The SMILES string of the molecule is CCOc1ccc(NC(=O)CCC(=O)NN=Cc2cc(Br)c(OCC)c(OC)c2)cc1. The van der Waals surface area contributed by atoms with E-state index in [0.29, 0.717) is 40.4 Å². The van der Waals surface area contributed by atoms with Gasteiger partial charge in [0.25, 0.3) is 0 Å². The van der Waals surface area contributed by atoms with Crippen molar-refractivity contribution in [3.8, 4) is 17.2 Å². The molecule has 8 nitrogen and oxygen atoms in total. The molecule has 31 heavy (non-hydrogen) atoms. The van der Waals surface area contributed by atoms with Crippen molar-refractivity contribution in [2.75, 3.05) is 25.6 Å². The first kappa shape index (κ1) is 24.2. The number of nitrogens with zero attached hydrogens (tertiary/aromatic N) is 1. The lowest BCUT2D eigenvalue weighted by atomic mass is 10.2. The van der Waals surface area contributed by atoms with Crippen molar-refractivity contribution >= 4 is 39.6 Å². The molecule has 9 heteroatoms. The lowest BCUT2D eigenvalue weighted by Crippen LogP contribution is -2.20. The lowest BCUT2D eigenvalue weighted by molar-refractivity contribution is -0.124. The predicted molar refractivity (Wildman–Crippen MR) is 123 cm³/mol. The molecule has 0 aromatic heterocycles. The number of rotatable bonds is 11. The fourth-order valence-corrected chi connectivity index (χ4v) is 3.16. The minimum absolute atomic E-state index is 0.0104. The highest BCUT2D eigenvalue weighted by molar-refractivity contribution is 9.10. The van der Waals surface area contributed by atoms with E-state index in [1.807, 2.05) is 13.8 Å². The number of methoxy groups -OCH3 is 1. The molecule has 0 heterocycles. The highest BCUT2D eigenvalue weighted by Crippen LogP contribution is 2.36. The van der Waals surface area contributed by atoms with Crippen molar-refractivity contribution in [1.29, 1.82) is 0 Å². The second-order valence-electron chi connectivity index (χ2n) is 6.27. The molecule has 2 aromatic rings. The normalized spacial score (nSPS) is 10.6. The summed E-state index contributed by atoms with van der Waals surface area (Å²) >= 11 is 3.43. The number of hydrazone groups is 1. The zero-order chi connectivity index (χ0) is 22.6. The van der Waals surface area contributed by atoms with Crippen LogP contribution in [0.1, 0.15) is 32.3 Å². The third-order valence-electron chi connectivity index (χ3n) is 3.97. The summed E-state index contributed by atoms with van der Waals surface area (Å²) in [6, 6.07) is 10.6. The fraction of sp³-hybridized carbons (Fsp3) is 0.318. The second-order valence-corrected chi connectivity index (χ2v) is 7.12. The van der Waals surface area contributed by atoms with E-state index in [-0.39, 0.29) is 24.7 Å². The van der Waals surface area contributed by atoms with Crippen molar-refractivity contribution in [1.82, 2.24) is 5.43 Å². The topological polar surface area (TPSA) is 98.2 Å². The summed E-state index contributed by atoms with van der Waals surface area (Å²) in [4.78, 5) is 24.0. The minimum atomic E-state index is -0.366. The van der Waals surface area contributed by atoms with Gasteiger partial charge < -0.3 is 19.5 Å². The number of carbonyl (C=O) groups is 2. The summed E-state index contributed by atoms with van der Waals surface area (Å²) in [6.45, 7) is 4.87. The molecule has 0 saturated carbocycles. The van der Waals surface area contributed by atoms with Crippen LogP contribution in [0.15, 0.2) is 46.0 Å². The Morgan fingerprint density at radius 1 is 1.03 bits per heavy atom. The molecule has 0 fully saturated rings. The molecule has 0 atom stereocenters. The molecular weight excluding hydrogens is 466 g/mol. The molecule has 0 aliphatic heterocycles. The fourth-order valence-electron chi connectivity index (χ4n) is 2.59. The molecule has 0 saturated heterocycles. The highest BCUT2D eigenvalue weighted by atomic mass is 79.9. The number of hydrogen-bond acceptors (Lipinski definition) is 6. The Kier molecular flexibility index (Phi) is 9.83. The van der Waals surface area contributed by atoms with Crippen molar-refractivity contribution in [3.05, 3.63) is 46.4 Å². The third kappa shape index (κ3) is 7.93. The van der Waals surface area contributed by atoms with E-state index in [4.69, 9.17) is 14.2 Å². The number of hydrogen-bond donors (Lipinski definition) is 2. The number of nitrogens with one attached hydrogen (secondary N) is 2. The molecule has 2 aromatic carbocycles. The number of amides is 2. The predicted octanol–water partition coefficient (Wildman–Crippen LogP) is 4.12. The van der Waals surface area contributed by atoms with Gasteiger partial charge in [0, 0.05) is 18.5 Å². The van der Waals surface area contributed by atoms with Crippen molar-refractivity contribution < 1.29 is 23.8 Å². The number of anilines is 1.